The van der Waals surface area contributed by atoms with Crippen LogP contribution in [0.4, 0.5) is 0 Å². The second-order valence-electron chi connectivity index (χ2n) is 2.99. The van der Waals surface area contributed by atoms with Crippen molar-refractivity contribution in [3.05, 3.63) is 34.8 Å². The van der Waals surface area contributed by atoms with Crippen LogP contribution in [0.3, 0.4) is 0 Å². The molecule has 4 nitrogen and oxygen atoms in total. The average Bonchev–Trinajstić information content (AvgIpc) is 2.79. The second-order valence-corrected chi connectivity index (χ2v) is 3.74. The number of esters is 1. The maximum Gasteiger partial charge on any atom is 0.339 e. The Morgan fingerprint density at radius 3 is 2.81 bits per heavy atom. The number of carbonyl (C=O) groups is 1. The van der Waals surface area contributed by atoms with Crippen LogP contribution in [0.15, 0.2) is 29.2 Å². The lowest BCUT2D eigenvalue weighted by Gasteiger charge is -2.02. The highest BCUT2D eigenvalue weighted by molar-refractivity contribution is 7.08. The normalized spacial score (nSPS) is 10.1. The van der Waals surface area contributed by atoms with E-state index in [2.05, 4.69) is 9.97 Å². The standard InChI is InChI=1S/C11H10N2O2S/c1-2-15-11(14)9-7-16-6-8(9)10-12-4-3-5-13-10/h3-7H,2H2,1H3. The van der Waals surface area contributed by atoms with Crippen LogP contribution in [0.1, 0.15) is 17.3 Å². The van der Waals surface area contributed by atoms with Crippen molar-refractivity contribution in [2.45, 2.75) is 6.92 Å². The Labute approximate surface area is 96.9 Å². The van der Waals surface area contributed by atoms with E-state index in [1.54, 1.807) is 30.8 Å². The Bertz CT molecular complexity index is 482. The fourth-order valence-corrected chi connectivity index (χ4v) is 2.07. The highest BCUT2D eigenvalue weighted by atomic mass is 32.1. The number of rotatable bonds is 3. The van der Waals surface area contributed by atoms with Gasteiger partial charge in [0, 0.05) is 28.7 Å². The summed E-state index contributed by atoms with van der Waals surface area (Å²) in [6, 6.07) is 1.74. The summed E-state index contributed by atoms with van der Waals surface area (Å²) >= 11 is 1.43. The van der Waals surface area contributed by atoms with Crippen LogP contribution < -0.4 is 0 Å². The predicted molar refractivity (Wildman–Crippen MR) is 61.3 cm³/mol. The minimum absolute atomic E-state index is 0.328. The fourth-order valence-electron chi connectivity index (χ4n) is 1.28. The van der Waals surface area contributed by atoms with E-state index in [4.69, 9.17) is 4.74 Å². The van der Waals surface area contributed by atoms with E-state index in [9.17, 15) is 4.79 Å². The molecule has 0 aliphatic carbocycles. The molecule has 0 fully saturated rings. The molecule has 0 saturated carbocycles. The van der Waals surface area contributed by atoms with Crippen LogP contribution in [0.5, 0.6) is 0 Å². The lowest BCUT2D eigenvalue weighted by atomic mass is 10.2. The number of aromatic nitrogens is 2. The van der Waals surface area contributed by atoms with Gasteiger partial charge >= 0.3 is 5.97 Å². The van der Waals surface area contributed by atoms with Gasteiger partial charge in [0.25, 0.3) is 0 Å². The first-order chi connectivity index (χ1) is 7.83. The van der Waals surface area contributed by atoms with Crippen molar-refractivity contribution in [3.8, 4) is 11.4 Å². The van der Waals surface area contributed by atoms with Crippen molar-refractivity contribution in [2.75, 3.05) is 6.61 Å². The fraction of sp³-hybridized carbons (Fsp3) is 0.182. The third-order valence-electron chi connectivity index (χ3n) is 1.96. The van der Waals surface area contributed by atoms with E-state index < -0.39 is 0 Å². The maximum atomic E-state index is 11.6. The second kappa shape index (κ2) is 4.85. The van der Waals surface area contributed by atoms with Gasteiger partial charge in [-0.1, -0.05) is 0 Å². The van der Waals surface area contributed by atoms with Crippen LogP contribution >= 0.6 is 11.3 Å². The molecule has 0 aliphatic rings. The van der Waals surface area contributed by atoms with Gasteiger partial charge in [0.1, 0.15) is 0 Å². The minimum Gasteiger partial charge on any atom is -0.462 e. The number of hydrogen-bond acceptors (Lipinski definition) is 5. The van der Waals surface area contributed by atoms with Crippen LogP contribution in [-0.2, 0) is 4.74 Å². The molecule has 2 heterocycles. The van der Waals surface area contributed by atoms with Crippen molar-refractivity contribution < 1.29 is 9.53 Å². The highest BCUT2D eigenvalue weighted by Crippen LogP contribution is 2.24. The average molecular weight is 234 g/mol. The van der Waals surface area contributed by atoms with Gasteiger partial charge in [-0.05, 0) is 13.0 Å². The summed E-state index contributed by atoms with van der Waals surface area (Å²) in [5.41, 5.74) is 1.25. The van der Waals surface area contributed by atoms with Gasteiger partial charge in [0.15, 0.2) is 5.82 Å². The molecule has 0 bridgehead atoms. The molecular formula is C11H10N2O2S. The zero-order valence-corrected chi connectivity index (χ0v) is 9.53. The summed E-state index contributed by atoms with van der Waals surface area (Å²) < 4.78 is 4.96. The molecule has 0 N–H and O–H groups in total. The van der Waals surface area contributed by atoms with Gasteiger partial charge < -0.3 is 4.74 Å². The first-order valence-corrected chi connectivity index (χ1v) is 5.78. The molecule has 0 amide bonds. The van der Waals surface area contributed by atoms with Crippen LogP contribution in [-0.4, -0.2) is 22.5 Å². The molecule has 0 saturated heterocycles. The Morgan fingerprint density at radius 1 is 1.38 bits per heavy atom. The van der Waals surface area contributed by atoms with Crippen molar-refractivity contribution in [2.24, 2.45) is 0 Å². The molecule has 2 aromatic heterocycles. The summed E-state index contributed by atoms with van der Waals surface area (Å²) in [5, 5.41) is 3.60. The Balaban J connectivity index is 2.37. The van der Waals surface area contributed by atoms with E-state index in [1.165, 1.54) is 11.3 Å². The summed E-state index contributed by atoms with van der Waals surface area (Å²) in [6.45, 7) is 2.15. The van der Waals surface area contributed by atoms with Crippen LogP contribution in [0.2, 0.25) is 0 Å². The number of hydrogen-bond donors (Lipinski definition) is 0. The number of ether oxygens (including phenoxy) is 1. The van der Waals surface area contributed by atoms with Crippen LogP contribution in [0.25, 0.3) is 11.4 Å². The lowest BCUT2D eigenvalue weighted by Crippen LogP contribution is -2.05. The highest BCUT2D eigenvalue weighted by Gasteiger charge is 2.16. The first-order valence-electron chi connectivity index (χ1n) is 4.83. The van der Waals surface area contributed by atoms with Crippen molar-refractivity contribution in [1.29, 1.82) is 0 Å². The molecular weight excluding hydrogens is 224 g/mol. The Kier molecular flexibility index (Phi) is 3.26. The molecule has 0 aromatic carbocycles. The molecule has 0 radical (unpaired) electrons. The molecule has 5 heteroatoms. The summed E-state index contributed by atoms with van der Waals surface area (Å²) in [4.78, 5) is 19.9. The third kappa shape index (κ3) is 2.09. The van der Waals surface area contributed by atoms with Crippen molar-refractivity contribution in [1.82, 2.24) is 9.97 Å². The van der Waals surface area contributed by atoms with E-state index >= 15 is 0 Å². The van der Waals surface area contributed by atoms with Gasteiger partial charge in [-0.15, -0.1) is 0 Å². The largest absolute Gasteiger partial charge is 0.462 e. The third-order valence-corrected chi connectivity index (χ3v) is 2.71. The van der Waals surface area contributed by atoms with E-state index in [-0.39, 0.29) is 5.97 Å². The molecule has 0 unspecified atom stereocenters. The number of thiophene rings is 1. The molecule has 16 heavy (non-hydrogen) atoms. The maximum absolute atomic E-state index is 11.6. The summed E-state index contributed by atoms with van der Waals surface area (Å²) in [5.74, 6) is 0.220. The van der Waals surface area contributed by atoms with Crippen molar-refractivity contribution in [3.63, 3.8) is 0 Å². The molecule has 0 atom stereocenters. The monoisotopic (exact) mass is 234 g/mol. The first kappa shape index (κ1) is 10.8. The van der Waals surface area contributed by atoms with Crippen LogP contribution in [0, 0.1) is 0 Å². The molecule has 2 aromatic rings. The van der Waals surface area contributed by atoms with Gasteiger partial charge in [-0.25, -0.2) is 14.8 Å². The topological polar surface area (TPSA) is 52.1 Å². The molecule has 2 rings (SSSR count). The van der Waals surface area contributed by atoms with Crippen molar-refractivity contribution >= 4 is 17.3 Å². The summed E-state index contributed by atoms with van der Waals surface area (Å²) in [7, 11) is 0. The van der Waals surface area contributed by atoms with Gasteiger partial charge in [-0.3, -0.25) is 0 Å². The molecule has 0 spiro atoms. The SMILES string of the molecule is CCOC(=O)c1cscc1-c1ncccn1. The van der Waals surface area contributed by atoms with E-state index in [0.29, 0.717) is 18.0 Å². The Morgan fingerprint density at radius 2 is 2.12 bits per heavy atom. The van der Waals surface area contributed by atoms with Gasteiger partial charge in [0.05, 0.1) is 12.2 Å². The molecule has 82 valence electrons. The van der Waals surface area contributed by atoms with Gasteiger partial charge in [-0.2, -0.15) is 11.3 Å². The lowest BCUT2D eigenvalue weighted by molar-refractivity contribution is 0.0528. The van der Waals surface area contributed by atoms with E-state index in [1.807, 2.05) is 5.38 Å². The summed E-state index contributed by atoms with van der Waals surface area (Å²) in [6.07, 6.45) is 3.30. The predicted octanol–water partition coefficient (Wildman–Crippen LogP) is 2.38. The number of carbonyl (C=O) groups excluding carboxylic acids is 1. The smallest absolute Gasteiger partial charge is 0.339 e. The van der Waals surface area contributed by atoms with Gasteiger partial charge in [0.2, 0.25) is 0 Å². The Hall–Kier alpha value is -1.75. The quantitative estimate of drug-likeness (QED) is 0.765. The minimum atomic E-state index is -0.328. The zero-order valence-electron chi connectivity index (χ0n) is 8.71. The number of nitrogens with zero attached hydrogens (tertiary/aromatic N) is 2. The van der Waals surface area contributed by atoms with E-state index in [0.717, 1.165) is 5.56 Å². The molecule has 0 aliphatic heterocycles. The zero-order chi connectivity index (χ0) is 11.4.